The first kappa shape index (κ1) is 11.9. The summed E-state index contributed by atoms with van der Waals surface area (Å²) in [7, 11) is 0. The van der Waals surface area contributed by atoms with E-state index in [0.29, 0.717) is 6.54 Å². The molecule has 2 aliphatic rings. The number of aliphatic hydroxyl groups is 1. The van der Waals surface area contributed by atoms with Crippen LogP contribution in [0.4, 0.5) is 0 Å². The van der Waals surface area contributed by atoms with Crippen molar-refractivity contribution in [1.29, 1.82) is 0 Å². The molecule has 92 valence electrons. The first-order valence-electron chi connectivity index (χ1n) is 6.44. The van der Waals surface area contributed by atoms with Gasteiger partial charge in [-0.1, -0.05) is 12.8 Å². The number of carbonyl (C=O) groups excluding carboxylic acids is 1. The fourth-order valence-corrected chi connectivity index (χ4v) is 2.25. The van der Waals surface area contributed by atoms with E-state index in [1.54, 1.807) is 0 Å². The van der Waals surface area contributed by atoms with E-state index in [9.17, 15) is 9.90 Å². The summed E-state index contributed by atoms with van der Waals surface area (Å²) in [5, 5.41) is 15.8. The van der Waals surface area contributed by atoms with Crippen LogP contribution in [-0.2, 0) is 4.79 Å². The summed E-state index contributed by atoms with van der Waals surface area (Å²) < 4.78 is 0. The van der Waals surface area contributed by atoms with E-state index in [2.05, 4.69) is 10.6 Å². The van der Waals surface area contributed by atoms with Gasteiger partial charge in [0.2, 0.25) is 5.91 Å². The number of amides is 1. The quantitative estimate of drug-likeness (QED) is 0.636. The molecule has 16 heavy (non-hydrogen) atoms. The van der Waals surface area contributed by atoms with Gasteiger partial charge in [0.15, 0.2) is 0 Å². The molecule has 0 radical (unpaired) electrons. The summed E-state index contributed by atoms with van der Waals surface area (Å²) >= 11 is 0. The van der Waals surface area contributed by atoms with Gasteiger partial charge in [-0.25, -0.2) is 0 Å². The Morgan fingerprint density at radius 1 is 1.19 bits per heavy atom. The molecule has 2 atom stereocenters. The van der Waals surface area contributed by atoms with Crippen LogP contribution in [0.15, 0.2) is 0 Å². The van der Waals surface area contributed by atoms with Gasteiger partial charge < -0.3 is 15.7 Å². The lowest BCUT2D eigenvalue weighted by Crippen LogP contribution is -2.47. The fourth-order valence-electron chi connectivity index (χ4n) is 2.25. The molecule has 4 heteroatoms. The normalized spacial score (nSPS) is 30.1. The molecular weight excluding hydrogens is 204 g/mol. The van der Waals surface area contributed by atoms with Crippen molar-refractivity contribution in [3.8, 4) is 0 Å². The van der Waals surface area contributed by atoms with E-state index < -0.39 is 0 Å². The molecule has 2 saturated carbocycles. The van der Waals surface area contributed by atoms with E-state index in [1.165, 1.54) is 12.8 Å². The lowest BCUT2D eigenvalue weighted by Gasteiger charge is -2.28. The van der Waals surface area contributed by atoms with Crippen LogP contribution in [0.25, 0.3) is 0 Å². The van der Waals surface area contributed by atoms with Crippen molar-refractivity contribution in [2.24, 2.45) is 5.92 Å². The van der Waals surface area contributed by atoms with Gasteiger partial charge in [-0.3, -0.25) is 4.79 Å². The van der Waals surface area contributed by atoms with Crippen molar-refractivity contribution in [1.82, 2.24) is 10.6 Å². The van der Waals surface area contributed by atoms with Crippen LogP contribution >= 0.6 is 0 Å². The molecule has 0 bridgehead atoms. The zero-order valence-electron chi connectivity index (χ0n) is 9.74. The minimum atomic E-state index is -0.346. The lowest BCUT2D eigenvalue weighted by atomic mass is 9.92. The summed E-state index contributed by atoms with van der Waals surface area (Å²) in [6, 6.07) is -0.0241. The predicted molar refractivity (Wildman–Crippen MR) is 62.0 cm³/mol. The van der Waals surface area contributed by atoms with Crippen molar-refractivity contribution in [2.45, 2.75) is 50.7 Å². The molecular formula is C12H22N2O2. The first-order valence-corrected chi connectivity index (χ1v) is 6.44. The molecule has 0 saturated heterocycles. The van der Waals surface area contributed by atoms with Crippen molar-refractivity contribution >= 4 is 5.91 Å². The zero-order valence-corrected chi connectivity index (χ0v) is 9.74. The Morgan fingerprint density at radius 3 is 2.62 bits per heavy atom. The van der Waals surface area contributed by atoms with Crippen LogP contribution in [-0.4, -0.2) is 36.2 Å². The summed E-state index contributed by atoms with van der Waals surface area (Å²) in [4.78, 5) is 11.6. The van der Waals surface area contributed by atoms with Crippen LogP contribution in [0, 0.1) is 5.92 Å². The largest absolute Gasteiger partial charge is 0.391 e. The Balaban J connectivity index is 1.60. The van der Waals surface area contributed by atoms with Crippen molar-refractivity contribution < 1.29 is 9.90 Å². The summed E-state index contributed by atoms with van der Waals surface area (Å²) in [5.41, 5.74) is 0. The maximum absolute atomic E-state index is 11.6. The van der Waals surface area contributed by atoms with E-state index in [0.717, 1.165) is 38.1 Å². The van der Waals surface area contributed by atoms with E-state index in [1.807, 2.05) is 0 Å². The minimum absolute atomic E-state index is 0.0200. The van der Waals surface area contributed by atoms with Gasteiger partial charge in [-0.05, 0) is 38.1 Å². The molecule has 0 heterocycles. The molecule has 2 unspecified atom stereocenters. The van der Waals surface area contributed by atoms with E-state index in [-0.39, 0.29) is 18.1 Å². The number of hydrogen-bond acceptors (Lipinski definition) is 3. The van der Waals surface area contributed by atoms with Crippen LogP contribution in [0.2, 0.25) is 0 Å². The Kier molecular flexibility index (Phi) is 4.18. The molecule has 2 fully saturated rings. The number of carbonyl (C=O) groups is 1. The van der Waals surface area contributed by atoms with Crippen molar-refractivity contribution in [3.05, 3.63) is 0 Å². The smallest absolute Gasteiger partial charge is 0.234 e. The average molecular weight is 226 g/mol. The number of aliphatic hydroxyl groups excluding tert-OH is 1. The molecule has 0 spiro atoms. The Morgan fingerprint density at radius 2 is 1.94 bits per heavy atom. The third-order valence-corrected chi connectivity index (χ3v) is 3.49. The highest BCUT2D eigenvalue weighted by molar-refractivity contribution is 5.78. The fraction of sp³-hybridized carbons (Fsp3) is 0.917. The second-order valence-corrected chi connectivity index (χ2v) is 5.10. The maximum atomic E-state index is 11.6. The first-order chi connectivity index (χ1) is 7.75. The van der Waals surface area contributed by atoms with Gasteiger partial charge in [-0.2, -0.15) is 0 Å². The second-order valence-electron chi connectivity index (χ2n) is 5.10. The summed E-state index contributed by atoms with van der Waals surface area (Å²) in [5.74, 6) is 0.819. The Bertz CT molecular complexity index is 241. The van der Waals surface area contributed by atoms with Crippen molar-refractivity contribution in [3.63, 3.8) is 0 Å². The Hall–Kier alpha value is -0.610. The van der Waals surface area contributed by atoms with Gasteiger partial charge in [-0.15, -0.1) is 0 Å². The molecule has 0 aromatic heterocycles. The standard InChI is InChI=1S/C12H22N2O2/c15-11-4-2-1-3-10(11)14-12(16)8-13-7-9-5-6-9/h9-11,13,15H,1-8H2,(H,14,16). The number of hydrogen-bond donors (Lipinski definition) is 3. The zero-order chi connectivity index (χ0) is 11.4. The molecule has 2 rings (SSSR count). The Labute approximate surface area is 96.8 Å². The number of rotatable bonds is 5. The van der Waals surface area contributed by atoms with Gasteiger partial charge in [0.25, 0.3) is 0 Å². The third kappa shape index (κ3) is 3.76. The van der Waals surface area contributed by atoms with Crippen LogP contribution in [0.1, 0.15) is 38.5 Å². The summed E-state index contributed by atoms with van der Waals surface area (Å²) in [6.07, 6.45) is 6.17. The van der Waals surface area contributed by atoms with Gasteiger partial charge in [0.05, 0.1) is 18.7 Å². The topological polar surface area (TPSA) is 61.4 Å². The third-order valence-electron chi connectivity index (χ3n) is 3.49. The van der Waals surface area contributed by atoms with Gasteiger partial charge in [0, 0.05) is 0 Å². The molecule has 0 aromatic rings. The SMILES string of the molecule is O=C(CNCC1CC1)NC1CCCCC1O. The molecule has 4 nitrogen and oxygen atoms in total. The molecule has 3 N–H and O–H groups in total. The van der Waals surface area contributed by atoms with Crippen LogP contribution in [0.5, 0.6) is 0 Å². The molecule has 0 aliphatic heterocycles. The maximum Gasteiger partial charge on any atom is 0.234 e. The minimum Gasteiger partial charge on any atom is -0.391 e. The van der Waals surface area contributed by atoms with Gasteiger partial charge in [0.1, 0.15) is 0 Å². The van der Waals surface area contributed by atoms with Gasteiger partial charge >= 0.3 is 0 Å². The molecule has 1 amide bonds. The van der Waals surface area contributed by atoms with Crippen LogP contribution in [0.3, 0.4) is 0 Å². The average Bonchev–Trinajstić information content (AvgIpc) is 3.05. The highest BCUT2D eigenvalue weighted by Crippen LogP contribution is 2.27. The van der Waals surface area contributed by atoms with Crippen LogP contribution < -0.4 is 10.6 Å². The molecule has 2 aliphatic carbocycles. The summed E-state index contributed by atoms with van der Waals surface area (Å²) in [6.45, 7) is 1.35. The van der Waals surface area contributed by atoms with Crippen molar-refractivity contribution in [2.75, 3.05) is 13.1 Å². The second kappa shape index (κ2) is 5.64. The highest BCUT2D eigenvalue weighted by atomic mass is 16.3. The highest BCUT2D eigenvalue weighted by Gasteiger charge is 2.24. The molecule has 0 aromatic carbocycles. The lowest BCUT2D eigenvalue weighted by molar-refractivity contribution is -0.122. The van der Waals surface area contributed by atoms with E-state index in [4.69, 9.17) is 0 Å². The monoisotopic (exact) mass is 226 g/mol. The predicted octanol–water partition coefficient (Wildman–Crippen LogP) is 0.406. The number of nitrogens with one attached hydrogen (secondary N) is 2. The van der Waals surface area contributed by atoms with E-state index >= 15 is 0 Å².